The first-order chi connectivity index (χ1) is 12.7. The number of para-hydroxylation sites is 1. The first-order valence-electron chi connectivity index (χ1n) is 8.63. The highest BCUT2D eigenvalue weighted by Gasteiger charge is 2.66. The maximum absolute atomic E-state index is 10.7. The summed E-state index contributed by atoms with van der Waals surface area (Å²) < 4.78 is 5.15. The maximum atomic E-state index is 10.7. The number of ether oxygens (including phenoxy) is 1. The summed E-state index contributed by atoms with van der Waals surface area (Å²) in [6.07, 6.45) is -0.683. The molecule has 27 heavy (non-hydrogen) atoms. The van der Waals surface area contributed by atoms with E-state index in [1.165, 1.54) is 0 Å². The molecule has 1 aliphatic rings. The van der Waals surface area contributed by atoms with Crippen LogP contribution in [0.15, 0.2) is 54.6 Å². The molecule has 1 aliphatic carbocycles. The summed E-state index contributed by atoms with van der Waals surface area (Å²) in [6, 6.07) is 19.7. The average Bonchev–Trinajstić information content (AvgIpc) is 3.17. The zero-order valence-corrected chi connectivity index (χ0v) is 19.7. The van der Waals surface area contributed by atoms with E-state index in [1.54, 1.807) is 0 Å². The molecule has 0 heterocycles. The Morgan fingerprint density at radius 3 is 2.26 bits per heavy atom. The van der Waals surface area contributed by atoms with Crippen molar-refractivity contribution in [3.8, 4) is 17.6 Å². The van der Waals surface area contributed by atoms with Gasteiger partial charge in [-0.1, -0.05) is 92.0 Å². The Hall–Kier alpha value is -0.870. The van der Waals surface area contributed by atoms with Gasteiger partial charge in [-0.05, 0) is 47.1 Å². The normalized spacial score (nSPS) is 23.1. The van der Waals surface area contributed by atoms with Crippen molar-refractivity contribution < 1.29 is 9.84 Å². The van der Waals surface area contributed by atoms with Crippen LogP contribution in [-0.2, 0) is 0 Å². The molecule has 0 amide bonds. The number of nitriles is 1. The topological polar surface area (TPSA) is 53.2 Å². The molecule has 1 saturated carbocycles. The van der Waals surface area contributed by atoms with Gasteiger partial charge in [-0.25, -0.2) is 0 Å². The molecule has 0 unspecified atom stereocenters. The zero-order valence-electron chi connectivity index (χ0n) is 14.9. The zero-order chi connectivity index (χ0) is 19.8. The van der Waals surface area contributed by atoms with Gasteiger partial charge in [0.1, 0.15) is 11.5 Å². The molecule has 6 heteroatoms. The second kappa shape index (κ2) is 7.87. The van der Waals surface area contributed by atoms with Crippen molar-refractivity contribution in [2.45, 2.75) is 28.0 Å². The van der Waals surface area contributed by atoms with Gasteiger partial charge in [0.2, 0.25) is 0 Å². The predicted octanol–water partition coefficient (Wildman–Crippen LogP) is 6.56. The SMILES string of the molecule is CC1(C)[C@@H]([C@H](C#N)c2cccc(Oc3ccccc3)c2)[C@@H]1[C@@H](O)C(Br)(Br)Br. The Balaban J connectivity index is 1.85. The van der Waals surface area contributed by atoms with Crippen molar-refractivity contribution in [3.63, 3.8) is 0 Å². The first kappa shape index (κ1) is 20.9. The number of halogens is 3. The summed E-state index contributed by atoms with van der Waals surface area (Å²) in [5.74, 6) is 1.14. The van der Waals surface area contributed by atoms with Crippen LogP contribution in [0.4, 0.5) is 0 Å². The monoisotopic (exact) mass is 555 g/mol. The van der Waals surface area contributed by atoms with Gasteiger partial charge in [-0.3, -0.25) is 0 Å². The molecule has 2 aromatic rings. The number of nitrogens with zero attached hydrogens (tertiary/aromatic N) is 1. The van der Waals surface area contributed by atoms with Crippen LogP contribution in [0.1, 0.15) is 25.3 Å². The Bertz CT molecular complexity index is 842. The molecular weight excluding hydrogens is 538 g/mol. The molecule has 4 atom stereocenters. The second-order valence-electron chi connectivity index (χ2n) is 7.45. The summed E-state index contributed by atoms with van der Waals surface area (Å²) in [4.78, 5) is 0. The minimum Gasteiger partial charge on any atom is -0.457 e. The lowest BCUT2D eigenvalue weighted by Crippen LogP contribution is -2.28. The van der Waals surface area contributed by atoms with Crippen LogP contribution < -0.4 is 4.74 Å². The fourth-order valence-electron chi connectivity index (χ4n) is 3.92. The third-order valence-corrected chi connectivity index (χ3v) is 6.77. The lowest BCUT2D eigenvalue weighted by atomic mass is 9.91. The maximum Gasteiger partial charge on any atom is 0.160 e. The summed E-state index contributed by atoms with van der Waals surface area (Å²) in [5, 5.41) is 20.6. The summed E-state index contributed by atoms with van der Waals surface area (Å²) in [6.45, 7) is 4.19. The quantitative estimate of drug-likeness (QED) is 0.424. The van der Waals surface area contributed by atoms with Gasteiger partial charge in [-0.15, -0.1) is 0 Å². The summed E-state index contributed by atoms with van der Waals surface area (Å²) in [7, 11) is 0. The standard InChI is InChI=1S/C21H20Br3NO2/c1-20(2)17(18(20)19(26)21(22,23)24)16(12-25)13-7-6-10-15(11-13)27-14-8-4-3-5-9-14/h3-11,16-19,26H,1-2H3/t16-,17+,18-,19-/m1/s1. The predicted molar refractivity (Wildman–Crippen MR) is 118 cm³/mol. The molecule has 2 aromatic carbocycles. The number of hydrogen-bond acceptors (Lipinski definition) is 3. The van der Waals surface area contributed by atoms with Gasteiger partial charge < -0.3 is 9.84 Å². The lowest BCUT2D eigenvalue weighted by Gasteiger charge is -2.22. The molecule has 1 fully saturated rings. The van der Waals surface area contributed by atoms with Crippen molar-refractivity contribution in [3.05, 3.63) is 60.2 Å². The van der Waals surface area contributed by atoms with Gasteiger partial charge in [-0.2, -0.15) is 5.26 Å². The van der Waals surface area contributed by atoms with E-state index in [0.717, 1.165) is 11.3 Å². The van der Waals surface area contributed by atoms with Crippen LogP contribution >= 0.6 is 47.8 Å². The van der Waals surface area contributed by atoms with E-state index in [2.05, 4.69) is 67.7 Å². The number of benzene rings is 2. The number of aliphatic hydroxyl groups is 1. The Kier molecular flexibility index (Phi) is 6.08. The molecule has 142 valence electrons. The van der Waals surface area contributed by atoms with E-state index in [1.807, 2.05) is 54.6 Å². The highest BCUT2D eigenvalue weighted by Crippen LogP contribution is 2.68. The van der Waals surface area contributed by atoms with Gasteiger partial charge >= 0.3 is 0 Å². The molecule has 0 aromatic heterocycles. The van der Waals surface area contributed by atoms with Crippen molar-refractivity contribution in [2.75, 3.05) is 0 Å². The van der Waals surface area contributed by atoms with Crippen LogP contribution in [0, 0.1) is 28.6 Å². The third-order valence-electron chi connectivity index (χ3n) is 5.37. The van der Waals surface area contributed by atoms with E-state index in [0.29, 0.717) is 5.75 Å². The average molecular weight is 558 g/mol. The second-order valence-corrected chi connectivity index (χ2v) is 14.4. The first-order valence-corrected chi connectivity index (χ1v) is 11.0. The molecule has 3 nitrogen and oxygen atoms in total. The highest BCUT2D eigenvalue weighted by molar-refractivity contribution is 9.39. The number of aliphatic hydroxyl groups excluding tert-OH is 1. The molecular formula is C21H20Br3NO2. The molecule has 0 saturated heterocycles. The highest BCUT2D eigenvalue weighted by atomic mass is 80.0. The Morgan fingerprint density at radius 2 is 1.67 bits per heavy atom. The fraction of sp³-hybridized carbons (Fsp3) is 0.381. The lowest BCUT2D eigenvalue weighted by molar-refractivity contribution is 0.146. The van der Waals surface area contributed by atoms with Crippen LogP contribution in [0.25, 0.3) is 0 Å². The minimum absolute atomic E-state index is 0.0287. The number of rotatable bonds is 5. The molecule has 3 rings (SSSR count). The van der Waals surface area contributed by atoms with Crippen LogP contribution in [0.3, 0.4) is 0 Å². The number of alkyl halides is 3. The van der Waals surface area contributed by atoms with Gasteiger partial charge in [0.15, 0.2) is 2.14 Å². The summed E-state index contributed by atoms with van der Waals surface area (Å²) >= 11 is 10.3. The molecule has 1 N–H and O–H groups in total. The third kappa shape index (κ3) is 4.42. The fourth-order valence-corrected chi connectivity index (χ4v) is 4.77. The Labute approximate surface area is 185 Å². The smallest absolute Gasteiger partial charge is 0.160 e. The van der Waals surface area contributed by atoms with Gasteiger partial charge in [0.05, 0.1) is 18.1 Å². The minimum atomic E-state index is -0.762. The van der Waals surface area contributed by atoms with Crippen molar-refractivity contribution in [1.29, 1.82) is 5.26 Å². The van der Waals surface area contributed by atoms with Crippen molar-refractivity contribution in [1.82, 2.24) is 0 Å². The van der Waals surface area contributed by atoms with E-state index in [-0.39, 0.29) is 23.2 Å². The van der Waals surface area contributed by atoms with Crippen LogP contribution in [0.2, 0.25) is 0 Å². The van der Waals surface area contributed by atoms with Crippen molar-refractivity contribution in [2.24, 2.45) is 17.3 Å². The van der Waals surface area contributed by atoms with Crippen molar-refractivity contribution >= 4 is 47.8 Å². The summed E-state index contributed by atoms with van der Waals surface area (Å²) in [5.41, 5.74) is 0.749. The number of hydrogen-bond donors (Lipinski definition) is 1. The van der Waals surface area contributed by atoms with Crippen LogP contribution in [-0.4, -0.2) is 13.4 Å². The van der Waals surface area contributed by atoms with E-state index in [4.69, 9.17) is 4.74 Å². The van der Waals surface area contributed by atoms with E-state index in [9.17, 15) is 10.4 Å². The largest absolute Gasteiger partial charge is 0.457 e. The Morgan fingerprint density at radius 1 is 1.04 bits per heavy atom. The van der Waals surface area contributed by atoms with E-state index < -0.39 is 8.25 Å². The van der Waals surface area contributed by atoms with Gasteiger partial charge in [0.25, 0.3) is 0 Å². The van der Waals surface area contributed by atoms with Gasteiger partial charge in [0, 0.05) is 0 Å². The molecule has 0 aliphatic heterocycles. The molecule has 0 bridgehead atoms. The van der Waals surface area contributed by atoms with Crippen LogP contribution in [0.5, 0.6) is 11.5 Å². The molecule has 0 radical (unpaired) electrons. The molecule has 0 spiro atoms. The van der Waals surface area contributed by atoms with E-state index >= 15 is 0 Å².